The van der Waals surface area contributed by atoms with Crippen molar-refractivity contribution in [2.24, 2.45) is 0 Å². The molecule has 164 valence electrons. The van der Waals surface area contributed by atoms with Crippen molar-refractivity contribution < 1.29 is 9.59 Å². The number of rotatable bonds is 5. The first-order chi connectivity index (χ1) is 15.1. The highest BCUT2D eigenvalue weighted by molar-refractivity contribution is 9.10. The Balaban J connectivity index is 1.87. The van der Waals surface area contributed by atoms with E-state index in [4.69, 9.17) is 0 Å². The van der Waals surface area contributed by atoms with E-state index in [0.29, 0.717) is 11.3 Å². The summed E-state index contributed by atoms with van der Waals surface area (Å²) in [4.78, 5) is 26.0. The Morgan fingerprint density at radius 3 is 2.16 bits per heavy atom. The van der Waals surface area contributed by atoms with Crippen molar-refractivity contribution in [3.63, 3.8) is 0 Å². The molecule has 0 radical (unpaired) electrons. The number of benzene rings is 3. The van der Waals surface area contributed by atoms with E-state index in [2.05, 4.69) is 47.3 Å². The first-order valence-corrected chi connectivity index (χ1v) is 11.2. The number of nitrogens with one attached hydrogen (secondary N) is 2. The average Bonchev–Trinajstić information content (AvgIpc) is 2.74. The van der Waals surface area contributed by atoms with E-state index >= 15 is 0 Å². The molecule has 0 spiro atoms. The molecule has 0 atom stereocenters. The average molecular weight is 491 g/mol. The van der Waals surface area contributed by atoms with Crippen LogP contribution in [0.1, 0.15) is 47.8 Å². The molecular formula is C27H27BrN2O2. The Hall–Kier alpha value is -3.18. The van der Waals surface area contributed by atoms with E-state index in [-0.39, 0.29) is 17.0 Å². The van der Waals surface area contributed by atoms with E-state index in [1.165, 1.54) is 0 Å². The van der Waals surface area contributed by atoms with Crippen molar-refractivity contribution in [3.05, 3.63) is 105 Å². The zero-order chi connectivity index (χ0) is 23.3. The number of hydrogen-bond donors (Lipinski definition) is 2. The van der Waals surface area contributed by atoms with Crippen LogP contribution < -0.4 is 10.6 Å². The smallest absolute Gasteiger partial charge is 0.272 e. The third-order valence-corrected chi connectivity index (χ3v) is 5.49. The van der Waals surface area contributed by atoms with Crippen molar-refractivity contribution in [1.29, 1.82) is 0 Å². The summed E-state index contributed by atoms with van der Waals surface area (Å²) < 4.78 is 0.934. The summed E-state index contributed by atoms with van der Waals surface area (Å²) in [6.45, 7) is 8.32. The molecule has 5 heteroatoms. The fourth-order valence-electron chi connectivity index (χ4n) is 3.12. The second-order valence-corrected chi connectivity index (χ2v) is 9.63. The van der Waals surface area contributed by atoms with Crippen molar-refractivity contribution in [2.75, 3.05) is 5.32 Å². The van der Waals surface area contributed by atoms with Gasteiger partial charge >= 0.3 is 0 Å². The summed E-state index contributed by atoms with van der Waals surface area (Å²) >= 11 is 3.41. The first kappa shape index (κ1) is 23.5. The van der Waals surface area contributed by atoms with Gasteiger partial charge in [0.1, 0.15) is 5.70 Å². The van der Waals surface area contributed by atoms with Crippen molar-refractivity contribution >= 4 is 39.5 Å². The van der Waals surface area contributed by atoms with Gasteiger partial charge in [0.05, 0.1) is 0 Å². The van der Waals surface area contributed by atoms with Crippen LogP contribution in [-0.2, 0) is 10.2 Å². The number of halogens is 1. The SMILES string of the molecule is Cc1cccc(NC(=O)/C(=C\c2ccc(Br)cc2)NC(=O)c2ccc(C(C)(C)C)cc2)c1. The molecule has 4 nitrogen and oxygen atoms in total. The molecule has 3 aromatic carbocycles. The van der Waals surface area contributed by atoms with Gasteiger partial charge in [0.25, 0.3) is 11.8 Å². The minimum Gasteiger partial charge on any atom is -0.321 e. The highest BCUT2D eigenvalue weighted by atomic mass is 79.9. The van der Waals surface area contributed by atoms with Gasteiger partial charge in [0.2, 0.25) is 0 Å². The standard InChI is InChI=1S/C27H27BrN2O2/c1-18-6-5-7-23(16-18)29-26(32)24(17-19-8-14-22(28)15-9-19)30-25(31)20-10-12-21(13-11-20)27(2,3)4/h5-17H,1-4H3,(H,29,32)(H,30,31)/b24-17+. The van der Waals surface area contributed by atoms with Crippen LogP contribution in [0.25, 0.3) is 6.08 Å². The Bertz CT molecular complexity index is 1140. The lowest BCUT2D eigenvalue weighted by molar-refractivity contribution is -0.113. The van der Waals surface area contributed by atoms with Crippen molar-refractivity contribution in [2.45, 2.75) is 33.1 Å². The number of hydrogen-bond acceptors (Lipinski definition) is 2. The van der Waals surface area contributed by atoms with Gasteiger partial charge < -0.3 is 10.6 Å². The Morgan fingerprint density at radius 2 is 1.56 bits per heavy atom. The lowest BCUT2D eigenvalue weighted by Gasteiger charge is -2.19. The predicted octanol–water partition coefficient (Wildman–Crippen LogP) is 6.46. The van der Waals surface area contributed by atoms with Crippen LogP contribution in [0.15, 0.2) is 83.0 Å². The lowest BCUT2D eigenvalue weighted by Crippen LogP contribution is -2.30. The molecule has 0 saturated carbocycles. The predicted molar refractivity (Wildman–Crippen MR) is 135 cm³/mol. The van der Waals surface area contributed by atoms with Crippen LogP contribution in [0.2, 0.25) is 0 Å². The van der Waals surface area contributed by atoms with Crippen LogP contribution in [0.5, 0.6) is 0 Å². The minimum absolute atomic E-state index is 0.00461. The summed E-state index contributed by atoms with van der Waals surface area (Å²) in [6, 6.07) is 22.5. The van der Waals surface area contributed by atoms with E-state index in [1.54, 1.807) is 18.2 Å². The number of anilines is 1. The fraction of sp³-hybridized carbons (Fsp3) is 0.185. The van der Waals surface area contributed by atoms with Gasteiger partial charge in [-0.3, -0.25) is 9.59 Å². The monoisotopic (exact) mass is 490 g/mol. The van der Waals surface area contributed by atoms with Crippen molar-refractivity contribution in [1.82, 2.24) is 5.32 Å². The van der Waals surface area contributed by atoms with Gasteiger partial charge in [-0.05, 0) is 71.5 Å². The van der Waals surface area contributed by atoms with Gasteiger partial charge in [0, 0.05) is 15.7 Å². The van der Waals surface area contributed by atoms with E-state index in [0.717, 1.165) is 21.2 Å². The van der Waals surface area contributed by atoms with Gasteiger partial charge in [-0.1, -0.05) is 73.1 Å². The summed E-state index contributed by atoms with van der Waals surface area (Å²) in [5.41, 5.74) is 4.28. The quantitative estimate of drug-likeness (QED) is 0.402. The molecule has 0 unspecified atom stereocenters. The second-order valence-electron chi connectivity index (χ2n) is 8.71. The van der Waals surface area contributed by atoms with E-state index in [9.17, 15) is 9.59 Å². The number of carbonyl (C=O) groups is 2. The van der Waals surface area contributed by atoms with Gasteiger partial charge in [-0.2, -0.15) is 0 Å². The number of carbonyl (C=O) groups excluding carboxylic acids is 2. The third-order valence-electron chi connectivity index (χ3n) is 4.96. The largest absolute Gasteiger partial charge is 0.321 e. The molecule has 3 aromatic rings. The number of amides is 2. The van der Waals surface area contributed by atoms with Crippen LogP contribution in [-0.4, -0.2) is 11.8 Å². The molecule has 0 heterocycles. The molecule has 0 aliphatic carbocycles. The molecule has 2 N–H and O–H groups in total. The molecule has 32 heavy (non-hydrogen) atoms. The van der Waals surface area contributed by atoms with E-state index in [1.807, 2.05) is 67.6 Å². The Kier molecular flexibility index (Phi) is 7.31. The molecule has 0 aromatic heterocycles. The molecule has 0 aliphatic heterocycles. The number of aryl methyl sites for hydroxylation is 1. The van der Waals surface area contributed by atoms with Gasteiger partial charge in [0.15, 0.2) is 0 Å². The summed E-state index contributed by atoms with van der Waals surface area (Å²) in [5, 5.41) is 5.66. The summed E-state index contributed by atoms with van der Waals surface area (Å²) in [7, 11) is 0. The third kappa shape index (κ3) is 6.41. The summed E-state index contributed by atoms with van der Waals surface area (Å²) in [6.07, 6.45) is 1.67. The van der Waals surface area contributed by atoms with Crippen LogP contribution in [0.4, 0.5) is 5.69 Å². The molecule has 0 aliphatic rings. The van der Waals surface area contributed by atoms with Crippen LogP contribution >= 0.6 is 15.9 Å². The molecule has 2 amide bonds. The first-order valence-electron chi connectivity index (χ1n) is 10.4. The zero-order valence-electron chi connectivity index (χ0n) is 18.7. The van der Waals surface area contributed by atoms with Crippen molar-refractivity contribution in [3.8, 4) is 0 Å². The van der Waals surface area contributed by atoms with Crippen LogP contribution in [0.3, 0.4) is 0 Å². The maximum Gasteiger partial charge on any atom is 0.272 e. The Labute approximate surface area is 197 Å². The highest BCUT2D eigenvalue weighted by Gasteiger charge is 2.17. The second kappa shape index (κ2) is 9.96. The minimum atomic E-state index is -0.391. The maximum atomic E-state index is 13.0. The molecule has 3 rings (SSSR count). The van der Waals surface area contributed by atoms with Crippen LogP contribution in [0, 0.1) is 6.92 Å². The van der Waals surface area contributed by atoms with Gasteiger partial charge in [-0.15, -0.1) is 0 Å². The summed E-state index contributed by atoms with van der Waals surface area (Å²) in [5.74, 6) is -0.730. The molecule has 0 saturated heterocycles. The van der Waals surface area contributed by atoms with E-state index < -0.39 is 5.91 Å². The normalized spacial score (nSPS) is 11.7. The Morgan fingerprint density at radius 1 is 0.906 bits per heavy atom. The topological polar surface area (TPSA) is 58.2 Å². The fourth-order valence-corrected chi connectivity index (χ4v) is 3.39. The highest BCUT2D eigenvalue weighted by Crippen LogP contribution is 2.22. The van der Waals surface area contributed by atoms with Gasteiger partial charge in [-0.25, -0.2) is 0 Å². The lowest BCUT2D eigenvalue weighted by atomic mass is 9.87. The molecular weight excluding hydrogens is 464 g/mol. The maximum absolute atomic E-state index is 13.0. The molecule has 0 fully saturated rings. The zero-order valence-corrected chi connectivity index (χ0v) is 20.3. The molecule has 0 bridgehead atoms.